The molecule has 2 aliphatic rings. The average Bonchev–Trinajstić information content (AvgIpc) is 2.90. The van der Waals surface area contributed by atoms with Crippen LogP contribution in [0.25, 0.3) is 0 Å². The number of hydrogen-bond acceptors (Lipinski definition) is 2. The van der Waals surface area contributed by atoms with Crippen molar-refractivity contribution in [2.75, 3.05) is 13.2 Å². The highest BCUT2D eigenvalue weighted by molar-refractivity contribution is 5.76. The maximum atomic E-state index is 11.8. The van der Waals surface area contributed by atoms with Crippen molar-refractivity contribution >= 4 is 5.91 Å². The Morgan fingerprint density at radius 2 is 2.17 bits per heavy atom. The van der Waals surface area contributed by atoms with Gasteiger partial charge in [-0.3, -0.25) is 4.79 Å². The maximum absolute atomic E-state index is 11.8. The molecule has 104 valence electrons. The van der Waals surface area contributed by atoms with Crippen molar-refractivity contribution in [3.63, 3.8) is 0 Å². The van der Waals surface area contributed by atoms with Crippen LogP contribution in [0.3, 0.4) is 0 Å². The maximum Gasteiger partial charge on any atom is 0.220 e. The second kappa shape index (κ2) is 6.55. The van der Waals surface area contributed by atoms with Gasteiger partial charge in [-0.2, -0.15) is 0 Å². The topological polar surface area (TPSA) is 38.3 Å². The van der Waals surface area contributed by atoms with E-state index in [0.717, 1.165) is 37.8 Å². The predicted octanol–water partition coefficient (Wildman–Crippen LogP) is 2.74. The molecule has 0 spiro atoms. The van der Waals surface area contributed by atoms with Gasteiger partial charge >= 0.3 is 0 Å². The van der Waals surface area contributed by atoms with E-state index in [2.05, 4.69) is 5.32 Å². The number of ether oxygens (including phenoxy) is 1. The van der Waals surface area contributed by atoms with Gasteiger partial charge in [-0.1, -0.05) is 6.42 Å². The fourth-order valence-electron chi connectivity index (χ4n) is 3.56. The van der Waals surface area contributed by atoms with Crippen molar-refractivity contribution in [1.82, 2.24) is 5.32 Å². The molecular weight excluding hydrogens is 226 g/mol. The van der Waals surface area contributed by atoms with Gasteiger partial charge in [0.05, 0.1) is 6.10 Å². The lowest BCUT2D eigenvalue weighted by Gasteiger charge is -2.20. The van der Waals surface area contributed by atoms with Crippen LogP contribution >= 0.6 is 0 Å². The normalized spacial score (nSPS) is 30.1. The molecule has 1 amide bonds. The van der Waals surface area contributed by atoms with E-state index in [-0.39, 0.29) is 12.0 Å². The molecule has 0 unspecified atom stereocenters. The molecule has 3 atom stereocenters. The molecule has 0 heterocycles. The number of carbonyl (C=O) groups excluding carboxylic acids is 1. The fourth-order valence-corrected chi connectivity index (χ4v) is 3.56. The van der Waals surface area contributed by atoms with Crippen LogP contribution in [0, 0.1) is 17.8 Å². The van der Waals surface area contributed by atoms with Gasteiger partial charge in [-0.15, -0.1) is 0 Å². The van der Waals surface area contributed by atoms with Gasteiger partial charge in [0.2, 0.25) is 5.91 Å². The molecule has 0 saturated heterocycles. The first-order chi connectivity index (χ1) is 8.65. The monoisotopic (exact) mass is 253 g/mol. The van der Waals surface area contributed by atoms with Crippen LogP contribution in [0.5, 0.6) is 0 Å². The Morgan fingerprint density at radius 3 is 2.78 bits per heavy atom. The summed E-state index contributed by atoms with van der Waals surface area (Å²) in [5.41, 5.74) is 0. The van der Waals surface area contributed by atoms with Gasteiger partial charge in [-0.05, 0) is 57.3 Å². The second-order valence-corrected chi connectivity index (χ2v) is 6.26. The Kier molecular flexibility index (Phi) is 5.04. The quantitative estimate of drug-likeness (QED) is 0.708. The van der Waals surface area contributed by atoms with Crippen molar-refractivity contribution < 1.29 is 9.53 Å². The molecule has 3 nitrogen and oxygen atoms in total. The summed E-state index contributed by atoms with van der Waals surface area (Å²) in [5.74, 6) is 2.71. The van der Waals surface area contributed by atoms with E-state index in [0.29, 0.717) is 5.92 Å². The van der Waals surface area contributed by atoms with Gasteiger partial charge in [0, 0.05) is 19.6 Å². The third-order valence-corrected chi connectivity index (χ3v) is 4.43. The highest BCUT2D eigenvalue weighted by atomic mass is 16.5. The van der Waals surface area contributed by atoms with Crippen LogP contribution in [-0.4, -0.2) is 25.2 Å². The lowest BCUT2D eigenvalue weighted by molar-refractivity contribution is -0.122. The molecule has 2 saturated carbocycles. The van der Waals surface area contributed by atoms with Gasteiger partial charge in [0.25, 0.3) is 0 Å². The largest absolute Gasteiger partial charge is 0.379 e. The van der Waals surface area contributed by atoms with E-state index in [1.165, 1.54) is 25.7 Å². The molecule has 2 aliphatic carbocycles. The Bertz CT molecular complexity index is 278. The van der Waals surface area contributed by atoms with Crippen molar-refractivity contribution in [3.8, 4) is 0 Å². The van der Waals surface area contributed by atoms with Crippen molar-refractivity contribution in [2.45, 2.75) is 58.5 Å². The molecule has 18 heavy (non-hydrogen) atoms. The first-order valence-corrected chi connectivity index (χ1v) is 7.53. The van der Waals surface area contributed by atoms with Crippen LogP contribution in [0.1, 0.15) is 52.4 Å². The minimum absolute atomic E-state index is 0.247. The SMILES string of the molecule is CC(C)OCCCNC(=O)C[C@H]1C[C@H]2CC[C@H]1C2. The van der Waals surface area contributed by atoms with Gasteiger partial charge in [0.15, 0.2) is 0 Å². The van der Waals surface area contributed by atoms with E-state index in [9.17, 15) is 4.79 Å². The summed E-state index contributed by atoms with van der Waals surface area (Å²) in [6, 6.07) is 0. The first kappa shape index (κ1) is 13.9. The molecule has 2 bridgehead atoms. The number of fused-ring (bicyclic) bond motifs is 2. The van der Waals surface area contributed by atoms with E-state index >= 15 is 0 Å². The summed E-state index contributed by atoms with van der Waals surface area (Å²) in [6.07, 6.45) is 7.43. The zero-order valence-electron chi connectivity index (χ0n) is 11.8. The lowest BCUT2D eigenvalue weighted by Crippen LogP contribution is -2.28. The molecule has 0 radical (unpaired) electrons. The number of hydrogen-bond donors (Lipinski definition) is 1. The lowest BCUT2D eigenvalue weighted by atomic mass is 9.86. The van der Waals surface area contributed by atoms with Gasteiger partial charge in [0.1, 0.15) is 0 Å². The van der Waals surface area contributed by atoms with Gasteiger partial charge in [-0.25, -0.2) is 0 Å². The first-order valence-electron chi connectivity index (χ1n) is 7.53. The van der Waals surface area contributed by atoms with Crippen molar-refractivity contribution in [3.05, 3.63) is 0 Å². The molecular formula is C15H27NO2. The average molecular weight is 253 g/mol. The molecule has 0 aromatic carbocycles. The van der Waals surface area contributed by atoms with Crippen molar-refractivity contribution in [2.24, 2.45) is 17.8 Å². The molecule has 2 rings (SSSR count). The molecule has 2 fully saturated rings. The standard InChI is InChI=1S/C15H27NO2/c1-11(2)18-7-3-6-16-15(17)10-14-9-12-4-5-13(14)8-12/h11-14H,3-10H2,1-2H3,(H,16,17)/t12-,13-,14+/m0/s1. The molecule has 1 N–H and O–H groups in total. The van der Waals surface area contributed by atoms with E-state index in [1.807, 2.05) is 13.8 Å². The predicted molar refractivity (Wildman–Crippen MR) is 72.3 cm³/mol. The molecule has 0 aromatic heterocycles. The van der Waals surface area contributed by atoms with Crippen LogP contribution in [-0.2, 0) is 9.53 Å². The summed E-state index contributed by atoms with van der Waals surface area (Å²) in [5, 5.41) is 3.02. The number of amides is 1. The van der Waals surface area contributed by atoms with Crippen LogP contribution in [0.15, 0.2) is 0 Å². The summed E-state index contributed by atoms with van der Waals surface area (Å²) < 4.78 is 5.45. The highest BCUT2D eigenvalue weighted by Crippen LogP contribution is 2.49. The summed E-state index contributed by atoms with van der Waals surface area (Å²) in [6.45, 7) is 5.57. The third-order valence-electron chi connectivity index (χ3n) is 4.43. The molecule has 3 heteroatoms. The number of rotatable bonds is 7. The van der Waals surface area contributed by atoms with Crippen molar-refractivity contribution in [1.29, 1.82) is 0 Å². The zero-order valence-corrected chi connectivity index (χ0v) is 11.8. The van der Waals surface area contributed by atoms with E-state index < -0.39 is 0 Å². The Balaban J connectivity index is 1.53. The summed E-state index contributed by atoms with van der Waals surface area (Å²) in [7, 11) is 0. The van der Waals surface area contributed by atoms with Gasteiger partial charge < -0.3 is 10.1 Å². The Hall–Kier alpha value is -0.570. The minimum Gasteiger partial charge on any atom is -0.379 e. The smallest absolute Gasteiger partial charge is 0.220 e. The Morgan fingerprint density at radius 1 is 1.33 bits per heavy atom. The number of nitrogens with one attached hydrogen (secondary N) is 1. The minimum atomic E-state index is 0.247. The molecule has 0 aromatic rings. The van der Waals surface area contributed by atoms with Crippen LogP contribution in [0.2, 0.25) is 0 Å². The van der Waals surface area contributed by atoms with E-state index in [4.69, 9.17) is 4.74 Å². The second-order valence-electron chi connectivity index (χ2n) is 6.26. The highest BCUT2D eigenvalue weighted by Gasteiger charge is 2.39. The molecule has 0 aliphatic heterocycles. The Labute approximate surface area is 111 Å². The fraction of sp³-hybridized carbons (Fsp3) is 0.933. The third kappa shape index (κ3) is 3.98. The van der Waals surface area contributed by atoms with E-state index in [1.54, 1.807) is 0 Å². The summed E-state index contributed by atoms with van der Waals surface area (Å²) in [4.78, 5) is 11.8. The van der Waals surface area contributed by atoms with Crippen LogP contribution < -0.4 is 5.32 Å². The zero-order chi connectivity index (χ0) is 13.0. The summed E-state index contributed by atoms with van der Waals surface area (Å²) >= 11 is 0. The van der Waals surface area contributed by atoms with Crippen LogP contribution in [0.4, 0.5) is 0 Å². The number of carbonyl (C=O) groups is 1.